The van der Waals surface area contributed by atoms with Gasteiger partial charge in [0.25, 0.3) is 0 Å². The van der Waals surface area contributed by atoms with Gasteiger partial charge in [-0.05, 0) is 24.6 Å². The van der Waals surface area contributed by atoms with Gasteiger partial charge in [-0.3, -0.25) is 0 Å². The topological polar surface area (TPSA) is 59.5 Å². The molecular weight excluding hydrogens is 352 g/mol. The van der Waals surface area contributed by atoms with Gasteiger partial charge in [0, 0.05) is 43.6 Å². The molecule has 2 fully saturated rings. The van der Waals surface area contributed by atoms with Crippen molar-refractivity contribution >= 4 is 23.2 Å². The number of halogens is 1. The fraction of sp³-hybridized carbons (Fsp3) is 0.474. The number of benzene rings is 1. The highest BCUT2D eigenvalue weighted by Gasteiger charge is 2.40. The molecule has 4 rings (SSSR count). The van der Waals surface area contributed by atoms with Gasteiger partial charge in [-0.2, -0.15) is 0 Å². The number of nitrogens with one attached hydrogen (secondary N) is 1. The second-order valence-corrected chi connectivity index (χ2v) is 7.17. The Morgan fingerprint density at radius 2 is 1.81 bits per heavy atom. The predicted molar refractivity (Wildman–Crippen MR) is 102 cm³/mol. The number of nitrogens with zero attached hydrogens (tertiary/aromatic N) is 3. The van der Waals surface area contributed by atoms with Crippen LogP contribution in [0.25, 0.3) is 0 Å². The Morgan fingerprint density at radius 3 is 2.50 bits per heavy atom. The van der Waals surface area contributed by atoms with E-state index in [0.29, 0.717) is 19.8 Å². The molecule has 26 heavy (non-hydrogen) atoms. The van der Waals surface area contributed by atoms with E-state index in [4.69, 9.17) is 21.1 Å². The maximum absolute atomic E-state index is 5.94. The molecule has 2 saturated heterocycles. The Morgan fingerprint density at radius 1 is 1.12 bits per heavy atom. The second-order valence-electron chi connectivity index (χ2n) is 6.73. The van der Waals surface area contributed by atoms with Gasteiger partial charge >= 0.3 is 0 Å². The molecule has 138 valence electrons. The normalized spacial score (nSPS) is 19.1. The van der Waals surface area contributed by atoms with Gasteiger partial charge in [-0.15, -0.1) is 0 Å². The Hall–Kier alpha value is -1.89. The highest BCUT2D eigenvalue weighted by molar-refractivity contribution is 6.30. The minimum absolute atomic E-state index is 0.367. The van der Waals surface area contributed by atoms with Crippen LogP contribution in [0, 0.1) is 6.92 Å². The molecule has 7 heteroatoms. The molecule has 2 aromatic rings. The Labute approximate surface area is 158 Å². The maximum Gasteiger partial charge on any atom is 0.171 e. The summed E-state index contributed by atoms with van der Waals surface area (Å²) < 4.78 is 11.6. The van der Waals surface area contributed by atoms with E-state index in [2.05, 4.69) is 20.2 Å². The van der Waals surface area contributed by atoms with Gasteiger partial charge in [0.2, 0.25) is 0 Å². The Kier molecular flexibility index (Phi) is 4.98. The first-order chi connectivity index (χ1) is 12.6. The van der Waals surface area contributed by atoms with Crippen LogP contribution in [0.4, 0.5) is 11.6 Å². The van der Waals surface area contributed by atoms with Gasteiger partial charge < -0.3 is 19.7 Å². The van der Waals surface area contributed by atoms with Crippen molar-refractivity contribution in [2.75, 3.05) is 36.5 Å². The zero-order chi connectivity index (χ0) is 18.0. The molecule has 0 aliphatic carbocycles. The molecule has 1 aromatic heterocycles. The van der Waals surface area contributed by atoms with Crippen LogP contribution in [0.15, 0.2) is 30.3 Å². The predicted octanol–water partition coefficient (Wildman–Crippen LogP) is 3.39. The van der Waals surface area contributed by atoms with Crippen LogP contribution in [0.5, 0.6) is 0 Å². The summed E-state index contributed by atoms with van der Waals surface area (Å²) in [6.07, 6.45) is 1.73. The van der Waals surface area contributed by atoms with Crippen molar-refractivity contribution in [2.24, 2.45) is 0 Å². The molecule has 1 N–H and O–H groups in total. The van der Waals surface area contributed by atoms with E-state index >= 15 is 0 Å². The first-order valence-electron chi connectivity index (χ1n) is 8.99. The highest BCUT2D eigenvalue weighted by Crippen LogP contribution is 2.33. The lowest BCUT2D eigenvalue weighted by Crippen LogP contribution is -2.45. The summed E-state index contributed by atoms with van der Waals surface area (Å²) in [6, 6.07) is 9.82. The number of anilines is 2. The third kappa shape index (κ3) is 3.92. The van der Waals surface area contributed by atoms with Crippen molar-refractivity contribution in [3.63, 3.8) is 0 Å². The number of rotatable bonds is 4. The van der Waals surface area contributed by atoms with E-state index in [1.807, 2.05) is 37.3 Å². The first-order valence-corrected chi connectivity index (χ1v) is 9.37. The van der Waals surface area contributed by atoms with Crippen LogP contribution < -0.4 is 10.2 Å². The number of hydrogen-bond acceptors (Lipinski definition) is 6. The van der Waals surface area contributed by atoms with E-state index in [-0.39, 0.29) is 5.79 Å². The second kappa shape index (κ2) is 7.39. The summed E-state index contributed by atoms with van der Waals surface area (Å²) in [4.78, 5) is 11.4. The lowest BCUT2D eigenvalue weighted by atomic mass is 10.0. The summed E-state index contributed by atoms with van der Waals surface area (Å²) in [7, 11) is 0. The molecule has 6 nitrogen and oxygen atoms in total. The van der Waals surface area contributed by atoms with Crippen LogP contribution >= 0.6 is 11.6 Å². The average molecular weight is 375 g/mol. The van der Waals surface area contributed by atoms with Crippen molar-refractivity contribution in [2.45, 2.75) is 32.1 Å². The van der Waals surface area contributed by atoms with Crippen LogP contribution in [0.1, 0.15) is 24.2 Å². The number of aryl methyl sites for hydroxylation is 1. The van der Waals surface area contributed by atoms with Gasteiger partial charge in [-0.1, -0.05) is 23.7 Å². The van der Waals surface area contributed by atoms with Gasteiger partial charge in [0.15, 0.2) is 5.79 Å². The minimum Gasteiger partial charge on any atom is -0.366 e. The monoisotopic (exact) mass is 374 g/mol. The van der Waals surface area contributed by atoms with Crippen LogP contribution in [0.3, 0.4) is 0 Å². The summed E-state index contributed by atoms with van der Waals surface area (Å²) in [6.45, 7) is 5.75. The van der Waals surface area contributed by atoms with Crippen molar-refractivity contribution in [3.8, 4) is 0 Å². The molecule has 3 heterocycles. The van der Waals surface area contributed by atoms with E-state index in [0.717, 1.165) is 54.0 Å². The molecule has 0 amide bonds. The van der Waals surface area contributed by atoms with E-state index < -0.39 is 0 Å². The first kappa shape index (κ1) is 17.5. The molecular formula is C19H23ClN4O2. The van der Waals surface area contributed by atoms with Gasteiger partial charge in [-0.25, -0.2) is 9.97 Å². The van der Waals surface area contributed by atoms with Crippen LogP contribution in [-0.2, 0) is 16.0 Å². The van der Waals surface area contributed by atoms with Crippen LogP contribution in [0.2, 0.25) is 5.02 Å². The third-order valence-corrected chi connectivity index (χ3v) is 5.13. The molecule has 0 bridgehead atoms. The van der Waals surface area contributed by atoms with Crippen molar-refractivity contribution in [1.29, 1.82) is 0 Å². The smallest absolute Gasteiger partial charge is 0.171 e. The van der Waals surface area contributed by atoms with Crippen molar-refractivity contribution in [3.05, 3.63) is 46.7 Å². The molecule has 2 aliphatic rings. The maximum atomic E-state index is 5.94. The third-order valence-electron chi connectivity index (χ3n) is 4.87. The summed E-state index contributed by atoms with van der Waals surface area (Å²) >= 11 is 5.94. The summed E-state index contributed by atoms with van der Waals surface area (Å²) in [5.41, 5.74) is 1.16. The zero-order valence-corrected chi connectivity index (χ0v) is 15.6. The number of ether oxygens (including phenoxy) is 2. The van der Waals surface area contributed by atoms with Gasteiger partial charge in [0.05, 0.1) is 13.2 Å². The average Bonchev–Trinajstić information content (AvgIpc) is 3.09. The SMILES string of the molecule is Cc1nc(NCc2ccc(Cl)cc2)cc(N2CCC3(CC2)OCCO3)n1. The molecule has 0 saturated carbocycles. The molecule has 0 radical (unpaired) electrons. The molecule has 1 aromatic carbocycles. The number of hydrogen-bond donors (Lipinski definition) is 1. The Balaban J connectivity index is 1.42. The van der Waals surface area contributed by atoms with Crippen molar-refractivity contribution < 1.29 is 9.47 Å². The van der Waals surface area contributed by atoms with E-state index in [1.165, 1.54) is 0 Å². The van der Waals surface area contributed by atoms with E-state index in [9.17, 15) is 0 Å². The standard InChI is InChI=1S/C19H23ClN4O2/c1-14-22-17(21-13-15-2-4-16(20)5-3-15)12-18(23-14)24-8-6-19(7-9-24)25-10-11-26-19/h2-5,12H,6-11,13H2,1H3,(H,21,22,23). The van der Waals surface area contributed by atoms with E-state index in [1.54, 1.807) is 0 Å². The lowest BCUT2D eigenvalue weighted by Gasteiger charge is -2.38. The highest BCUT2D eigenvalue weighted by atomic mass is 35.5. The Bertz CT molecular complexity index is 753. The quantitative estimate of drug-likeness (QED) is 0.885. The molecule has 0 unspecified atom stereocenters. The largest absolute Gasteiger partial charge is 0.366 e. The van der Waals surface area contributed by atoms with Crippen LogP contribution in [-0.4, -0.2) is 42.1 Å². The zero-order valence-electron chi connectivity index (χ0n) is 14.9. The molecule has 2 aliphatic heterocycles. The fourth-order valence-electron chi connectivity index (χ4n) is 3.46. The lowest BCUT2D eigenvalue weighted by molar-refractivity contribution is -0.169. The minimum atomic E-state index is -0.367. The fourth-order valence-corrected chi connectivity index (χ4v) is 3.59. The summed E-state index contributed by atoms with van der Waals surface area (Å²) in [5.74, 6) is 2.17. The van der Waals surface area contributed by atoms with Crippen molar-refractivity contribution in [1.82, 2.24) is 9.97 Å². The molecule has 0 atom stereocenters. The molecule has 1 spiro atoms. The number of piperidine rings is 1. The van der Waals surface area contributed by atoms with Gasteiger partial charge in [0.1, 0.15) is 17.5 Å². The summed E-state index contributed by atoms with van der Waals surface area (Å²) in [5, 5.41) is 4.12. The number of aromatic nitrogens is 2.